The van der Waals surface area contributed by atoms with Crippen LogP contribution in [0.3, 0.4) is 0 Å². The van der Waals surface area contributed by atoms with E-state index in [2.05, 4.69) is 5.32 Å². The summed E-state index contributed by atoms with van der Waals surface area (Å²) in [6, 6.07) is 3.88. The highest BCUT2D eigenvalue weighted by molar-refractivity contribution is 5.71. The number of anilines is 2. The first-order chi connectivity index (χ1) is 11.7. The van der Waals surface area contributed by atoms with E-state index in [9.17, 15) is 9.90 Å². The molecule has 6 nitrogen and oxygen atoms in total. The second-order valence-electron chi connectivity index (χ2n) is 7.73. The fraction of sp³-hybridized carbons (Fsp3) is 0.632. The number of carbonyl (C=O) groups is 1. The van der Waals surface area contributed by atoms with Crippen molar-refractivity contribution in [2.45, 2.75) is 65.2 Å². The van der Waals surface area contributed by atoms with Crippen molar-refractivity contribution in [1.82, 2.24) is 4.90 Å². The first-order valence-corrected chi connectivity index (χ1v) is 8.97. The van der Waals surface area contributed by atoms with Crippen molar-refractivity contribution in [3.05, 3.63) is 23.3 Å². The number of amides is 1. The van der Waals surface area contributed by atoms with Gasteiger partial charge in [-0.3, -0.25) is 0 Å². The van der Waals surface area contributed by atoms with E-state index >= 15 is 0 Å². The largest absolute Gasteiger partial charge is 0.444 e. The third-order valence-electron chi connectivity index (χ3n) is 4.21. The minimum atomic E-state index is -0.504. The summed E-state index contributed by atoms with van der Waals surface area (Å²) in [5.41, 5.74) is 9.60. The molecule has 4 N–H and O–H groups in total. The molecule has 1 heterocycles. The molecule has 0 radical (unpaired) electrons. The Morgan fingerprint density at radius 3 is 2.76 bits per heavy atom. The second kappa shape index (κ2) is 7.95. The Bertz CT molecular complexity index is 609. The molecule has 25 heavy (non-hydrogen) atoms. The van der Waals surface area contributed by atoms with Gasteiger partial charge >= 0.3 is 6.09 Å². The average molecular weight is 349 g/mol. The van der Waals surface area contributed by atoms with E-state index in [4.69, 9.17) is 10.5 Å². The van der Waals surface area contributed by atoms with E-state index in [-0.39, 0.29) is 12.2 Å². The van der Waals surface area contributed by atoms with Crippen LogP contribution in [0.4, 0.5) is 16.2 Å². The Kier molecular flexibility index (Phi) is 6.16. The molecule has 1 aromatic carbocycles. The SMILES string of the molecule is CC(O)CCCNc1ccc(N)c2c1CCN(C(=O)OC(C)(C)C)C2. The minimum absolute atomic E-state index is 0.274. The number of nitrogens with one attached hydrogen (secondary N) is 1. The van der Waals surface area contributed by atoms with Gasteiger partial charge in [0.05, 0.1) is 12.6 Å². The molecule has 2 rings (SSSR count). The number of nitrogens with two attached hydrogens (primary N) is 1. The number of rotatable bonds is 5. The van der Waals surface area contributed by atoms with Crippen LogP contribution in [-0.2, 0) is 17.7 Å². The van der Waals surface area contributed by atoms with E-state index in [1.807, 2.05) is 32.9 Å². The summed E-state index contributed by atoms with van der Waals surface area (Å²) < 4.78 is 5.47. The fourth-order valence-corrected chi connectivity index (χ4v) is 2.97. The van der Waals surface area contributed by atoms with Crippen LogP contribution in [-0.4, -0.2) is 40.9 Å². The predicted molar refractivity (Wildman–Crippen MR) is 101 cm³/mol. The molecule has 0 aliphatic carbocycles. The summed E-state index contributed by atoms with van der Waals surface area (Å²) in [6.45, 7) is 9.30. The van der Waals surface area contributed by atoms with Gasteiger partial charge in [-0.15, -0.1) is 0 Å². The molecule has 1 unspecified atom stereocenters. The van der Waals surface area contributed by atoms with Crippen LogP contribution in [0.25, 0.3) is 0 Å². The number of nitrogen functional groups attached to an aromatic ring is 1. The van der Waals surface area contributed by atoms with Crippen molar-refractivity contribution in [3.8, 4) is 0 Å². The molecule has 1 aromatic rings. The zero-order valence-electron chi connectivity index (χ0n) is 15.8. The quantitative estimate of drug-likeness (QED) is 0.561. The van der Waals surface area contributed by atoms with Crippen LogP contribution in [0.2, 0.25) is 0 Å². The van der Waals surface area contributed by atoms with Crippen LogP contribution in [0, 0.1) is 0 Å². The molecule has 1 amide bonds. The monoisotopic (exact) mass is 349 g/mol. The molecule has 0 saturated heterocycles. The Balaban J connectivity index is 2.06. The number of benzene rings is 1. The summed E-state index contributed by atoms with van der Waals surface area (Å²) in [5, 5.41) is 12.8. The number of ether oxygens (including phenoxy) is 1. The zero-order chi connectivity index (χ0) is 18.6. The Morgan fingerprint density at radius 1 is 1.40 bits per heavy atom. The highest BCUT2D eigenvalue weighted by Crippen LogP contribution is 2.31. The molecule has 140 valence electrons. The summed E-state index contributed by atoms with van der Waals surface area (Å²) in [4.78, 5) is 14.0. The number of carbonyl (C=O) groups excluding carboxylic acids is 1. The third kappa shape index (κ3) is 5.53. The first kappa shape index (κ1) is 19.4. The zero-order valence-corrected chi connectivity index (χ0v) is 15.8. The number of nitrogens with zero attached hydrogens (tertiary/aromatic N) is 1. The maximum absolute atomic E-state index is 12.3. The number of aliphatic hydroxyl groups excluding tert-OH is 1. The highest BCUT2D eigenvalue weighted by Gasteiger charge is 2.27. The maximum Gasteiger partial charge on any atom is 0.410 e. The molecule has 1 aliphatic rings. The maximum atomic E-state index is 12.3. The van der Waals surface area contributed by atoms with E-state index in [0.29, 0.717) is 18.8 Å². The molecule has 1 aliphatic heterocycles. The van der Waals surface area contributed by atoms with E-state index in [1.54, 1.807) is 11.8 Å². The predicted octanol–water partition coefficient (Wildman–Crippen LogP) is 3.13. The summed E-state index contributed by atoms with van der Waals surface area (Å²) in [5.74, 6) is 0. The summed E-state index contributed by atoms with van der Waals surface area (Å²) >= 11 is 0. The smallest absolute Gasteiger partial charge is 0.410 e. The lowest BCUT2D eigenvalue weighted by molar-refractivity contribution is 0.0224. The van der Waals surface area contributed by atoms with Crippen molar-refractivity contribution >= 4 is 17.5 Å². The Labute approximate surface area is 150 Å². The molecule has 0 bridgehead atoms. The minimum Gasteiger partial charge on any atom is -0.444 e. The van der Waals surface area contributed by atoms with E-state index < -0.39 is 5.60 Å². The summed E-state index contributed by atoms with van der Waals surface area (Å²) in [6.07, 6.45) is 1.85. The lowest BCUT2D eigenvalue weighted by Crippen LogP contribution is -2.40. The molecule has 0 saturated carbocycles. The normalized spacial score (nSPS) is 15.5. The van der Waals surface area contributed by atoms with Crippen LogP contribution in [0.1, 0.15) is 51.7 Å². The van der Waals surface area contributed by atoms with Crippen molar-refractivity contribution in [2.75, 3.05) is 24.1 Å². The molecular weight excluding hydrogens is 318 g/mol. The lowest BCUT2D eigenvalue weighted by atomic mass is 9.96. The first-order valence-electron chi connectivity index (χ1n) is 8.97. The number of aliphatic hydroxyl groups is 1. The molecule has 6 heteroatoms. The van der Waals surface area contributed by atoms with Crippen LogP contribution in [0.15, 0.2) is 12.1 Å². The van der Waals surface area contributed by atoms with Gasteiger partial charge in [0, 0.05) is 24.5 Å². The van der Waals surface area contributed by atoms with Gasteiger partial charge in [0.1, 0.15) is 5.60 Å². The molecule has 1 atom stereocenters. The Morgan fingerprint density at radius 2 is 2.12 bits per heavy atom. The molecule has 0 fully saturated rings. The average Bonchev–Trinajstić information content (AvgIpc) is 2.51. The molecular formula is C19H31N3O3. The van der Waals surface area contributed by atoms with Crippen molar-refractivity contribution < 1.29 is 14.6 Å². The van der Waals surface area contributed by atoms with Gasteiger partial charge in [0.15, 0.2) is 0 Å². The number of hydrogen-bond acceptors (Lipinski definition) is 5. The van der Waals surface area contributed by atoms with E-state index in [1.165, 1.54) is 5.56 Å². The van der Waals surface area contributed by atoms with Gasteiger partial charge < -0.3 is 25.8 Å². The number of fused-ring (bicyclic) bond motifs is 1. The standard InChI is InChI=1S/C19H31N3O3/c1-13(23)6-5-10-21-17-8-7-16(20)15-12-22(11-9-14(15)17)18(24)25-19(2,3)4/h7-8,13,21,23H,5-6,9-12,20H2,1-4H3. The van der Waals surface area contributed by atoms with Gasteiger partial charge in [0.25, 0.3) is 0 Å². The highest BCUT2D eigenvalue weighted by atomic mass is 16.6. The van der Waals surface area contributed by atoms with Crippen LogP contribution in [0.5, 0.6) is 0 Å². The van der Waals surface area contributed by atoms with E-state index in [0.717, 1.165) is 37.1 Å². The lowest BCUT2D eigenvalue weighted by Gasteiger charge is -2.32. The van der Waals surface area contributed by atoms with Gasteiger partial charge in [-0.1, -0.05) is 0 Å². The van der Waals surface area contributed by atoms with Crippen LogP contribution < -0.4 is 11.1 Å². The molecule has 0 aromatic heterocycles. The number of hydrogen-bond donors (Lipinski definition) is 3. The topological polar surface area (TPSA) is 87.8 Å². The second-order valence-corrected chi connectivity index (χ2v) is 7.73. The van der Waals surface area contributed by atoms with Crippen molar-refractivity contribution in [3.63, 3.8) is 0 Å². The Hall–Kier alpha value is -1.95. The molecule has 0 spiro atoms. The van der Waals surface area contributed by atoms with Gasteiger partial charge in [-0.2, -0.15) is 0 Å². The van der Waals surface area contributed by atoms with Crippen molar-refractivity contribution in [1.29, 1.82) is 0 Å². The van der Waals surface area contributed by atoms with Gasteiger partial charge in [0.2, 0.25) is 0 Å². The van der Waals surface area contributed by atoms with Crippen LogP contribution >= 0.6 is 0 Å². The fourth-order valence-electron chi connectivity index (χ4n) is 2.97. The van der Waals surface area contributed by atoms with Gasteiger partial charge in [-0.25, -0.2) is 4.79 Å². The van der Waals surface area contributed by atoms with Crippen molar-refractivity contribution in [2.24, 2.45) is 0 Å². The third-order valence-corrected chi connectivity index (χ3v) is 4.21. The van der Waals surface area contributed by atoms with Gasteiger partial charge in [-0.05, 0) is 70.2 Å². The summed E-state index contributed by atoms with van der Waals surface area (Å²) in [7, 11) is 0.